The number of carbonyl (C=O) groups excluding carboxylic acids is 2. The van der Waals surface area contributed by atoms with E-state index < -0.39 is 11.0 Å². The number of ether oxygens (including phenoxy) is 3. The van der Waals surface area contributed by atoms with E-state index >= 15 is 0 Å². The summed E-state index contributed by atoms with van der Waals surface area (Å²) in [5, 5.41) is 0. The molecule has 7 aliphatic rings. The van der Waals surface area contributed by atoms with Gasteiger partial charge in [-0.05, 0) is 66.0 Å². The van der Waals surface area contributed by atoms with Crippen LogP contribution in [0.1, 0.15) is 18.4 Å². The van der Waals surface area contributed by atoms with E-state index in [0.29, 0.717) is 0 Å². The van der Waals surface area contributed by atoms with Crippen LogP contribution in [0.15, 0.2) is 48.6 Å². The number of hydrogen-bond donors (Lipinski definition) is 0. The van der Waals surface area contributed by atoms with Gasteiger partial charge in [-0.2, -0.15) is 0 Å². The highest BCUT2D eigenvalue weighted by molar-refractivity contribution is 5.95. The third-order valence-electron chi connectivity index (χ3n) is 9.63. The maximum absolute atomic E-state index is 14.1. The van der Waals surface area contributed by atoms with Gasteiger partial charge in [0, 0.05) is 11.8 Å². The van der Waals surface area contributed by atoms with E-state index in [1.165, 1.54) is 7.11 Å². The van der Waals surface area contributed by atoms with E-state index in [9.17, 15) is 9.59 Å². The summed E-state index contributed by atoms with van der Waals surface area (Å²) in [7, 11) is 3.09. The number of hydrogen-bond acceptors (Lipinski definition) is 5. The van der Waals surface area contributed by atoms with Crippen LogP contribution >= 0.6 is 0 Å². The summed E-state index contributed by atoms with van der Waals surface area (Å²) in [6.07, 6.45) is 11.1. The van der Waals surface area contributed by atoms with E-state index in [2.05, 4.69) is 36.4 Å². The molecule has 5 heteroatoms. The summed E-state index contributed by atoms with van der Waals surface area (Å²) in [4.78, 5) is 27.6. The maximum atomic E-state index is 14.1. The van der Waals surface area contributed by atoms with Gasteiger partial charge in [-0.1, -0.05) is 36.4 Å². The van der Waals surface area contributed by atoms with Crippen LogP contribution < -0.4 is 4.74 Å². The van der Waals surface area contributed by atoms with E-state index in [1.807, 2.05) is 12.1 Å². The molecule has 0 radical (unpaired) electrons. The van der Waals surface area contributed by atoms with Crippen LogP contribution in [0.25, 0.3) is 0 Å². The van der Waals surface area contributed by atoms with Crippen LogP contribution in [0.3, 0.4) is 0 Å². The van der Waals surface area contributed by atoms with E-state index in [0.717, 1.165) is 24.2 Å². The Bertz CT molecular complexity index is 1010. The molecule has 10 atom stereocenters. The Morgan fingerprint density at radius 3 is 1.87 bits per heavy atom. The number of methoxy groups -OCH3 is 2. The first kappa shape index (κ1) is 18.1. The molecule has 160 valence electrons. The smallest absolute Gasteiger partial charge is 0.350 e. The third kappa shape index (κ3) is 1.76. The van der Waals surface area contributed by atoms with Crippen molar-refractivity contribution in [2.24, 2.45) is 47.3 Å². The standard InChI is InChI=1S/C26H26O5/c1-29-18-9-7-17(8-10-18)25-19-13-3-5-15(11-13)21(19)26(24(28)30-2,31-23(25)27)22-16-6-4-14(12-16)20(22)25/h3-10,13-16,19-22H,11-12H2,1-2H3/t13-,14+,15+,16-,19+,20-,21-,22+,25?,26?. The van der Waals surface area contributed by atoms with Crippen LogP contribution in [0.5, 0.6) is 5.75 Å². The molecule has 0 amide bonds. The highest BCUT2D eigenvalue weighted by atomic mass is 16.6. The Hall–Kier alpha value is -2.56. The summed E-state index contributed by atoms with van der Waals surface area (Å²) in [6, 6.07) is 8.00. The second-order valence-electron chi connectivity index (χ2n) is 10.3. The van der Waals surface area contributed by atoms with Crippen LogP contribution in [-0.4, -0.2) is 31.8 Å². The fourth-order valence-corrected chi connectivity index (χ4v) is 8.99. The molecule has 3 saturated carbocycles. The number of benzene rings is 1. The zero-order chi connectivity index (χ0) is 21.1. The largest absolute Gasteiger partial charge is 0.497 e. The van der Waals surface area contributed by atoms with Crippen LogP contribution in [-0.2, 0) is 24.5 Å². The third-order valence-corrected chi connectivity index (χ3v) is 9.63. The van der Waals surface area contributed by atoms with Crippen LogP contribution in [0.4, 0.5) is 0 Å². The zero-order valence-electron chi connectivity index (χ0n) is 17.7. The average Bonchev–Trinajstić information content (AvgIpc) is 3.60. The summed E-state index contributed by atoms with van der Waals surface area (Å²) < 4.78 is 17.1. The van der Waals surface area contributed by atoms with Crippen molar-refractivity contribution in [1.29, 1.82) is 0 Å². The van der Waals surface area contributed by atoms with E-state index in [-0.39, 0.29) is 59.3 Å². The van der Waals surface area contributed by atoms with Gasteiger partial charge in [0.05, 0.1) is 14.2 Å². The number of fused-ring (bicyclic) bond motifs is 5. The lowest BCUT2D eigenvalue weighted by Gasteiger charge is -2.66. The molecule has 5 aliphatic carbocycles. The SMILES string of the molecule is COC(=O)C12OC(=O)C(c3ccc(OC)cc3)([C@@H]3[C@H]1[C@H]1C=C[C@@H]3C1)[C@H]1[C@@H]2[C@@H]2C=C[C@H]1C2. The van der Waals surface area contributed by atoms with Gasteiger partial charge in [-0.15, -0.1) is 0 Å². The van der Waals surface area contributed by atoms with Crippen molar-refractivity contribution >= 4 is 11.9 Å². The molecule has 2 saturated heterocycles. The van der Waals surface area contributed by atoms with Gasteiger partial charge >= 0.3 is 11.9 Å². The highest BCUT2D eigenvalue weighted by Gasteiger charge is 2.84. The molecule has 2 unspecified atom stereocenters. The summed E-state index contributed by atoms with van der Waals surface area (Å²) in [5.41, 5.74) is -0.876. The Kier molecular flexibility index (Phi) is 3.27. The monoisotopic (exact) mass is 418 g/mol. The first-order valence-electron chi connectivity index (χ1n) is 11.4. The van der Waals surface area contributed by atoms with Gasteiger partial charge < -0.3 is 14.2 Å². The normalized spacial score (nSPS) is 49.2. The van der Waals surface area contributed by atoms with Crippen molar-refractivity contribution in [1.82, 2.24) is 0 Å². The molecule has 2 aliphatic heterocycles. The van der Waals surface area contributed by atoms with Gasteiger partial charge in [-0.3, -0.25) is 4.79 Å². The number of allylic oxidation sites excluding steroid dienone is 4. The minimum Gasteiger partial charge on any atom is -0.497 e. The molecule has 5 nitrogen and oxygen atoms in total. The Balaban J connectivity index is 1.53. The second kappa shape index (κ2) is 5.62. The van der Waals surface area contributed by atoms with Gasteiger partial charge in [-0.25, -0.2) is 4.79 Å². The maximum Gasteiger partial charge on any atom is 0.350 e. The molecule has 5 fully saturated rings. The van der Waals surface area contributed by atoms with Gasteiger partial charge in [0.2, 0.25) is 5.60 Å². The summed E-state index contributed by atoms with van der Waals surface area (Å²) >= 11 is 0. The lowest BCUT2D eigenvalue weighted by atomic mass is 9.40. The molecule has 0 aromatic heterocycles. The topological polar surface area (TPSA) is 61.8 Å². The van der Waals surface area contributed by atoms with Crippen molar-refractivity contribution in [3.63, 3.8) is 0 Å². The van der Waals surface area contributed by atoms with Gasteiger partial charge in [0.15, 0.2) is 0 Å². The van der Waals surface area contributed by atoms with Crippen molar-refractivity contribution in [3.05, 3.63) is 54.1 Å². The van der Waals surface area contributed by atoms with Crippen molar-refractivity contribution in [2.45, 2.75) is 23.9 Å². The Morgan fingerprint density at radius 1 is 0.871 bits per heavy atom. The first-order valence-corrected chi connectivity index (χ1v) is 11.4. The fraction of sp³-hybridized carbons (Fsp3) is 0.538. The predicted molar refractivity (Wildman–Crippen MR) is 111 cm³/mol. The predicted octanol–water partition coefficient (Wildman–Crippen LogP) is 3.29. The zero-order valence-corrected chi connectivity index (χ0v) is 17.7. The average molecular weight is 418 g/mol. The molecule has 0 N–H and O–H groups in total. The fourth-order valence-electron chi connectivity index (χ4n) is 8.99. The minimum atomic E-state index is -1.16. The molecule has 6 bridgehead atoms. The minimum absolute atomic E-state index is 0.0243. The second-order valence-corrected chi connectivity index (χ2v) is 10.3. The Morgan fingerprint density at radius 2 is 1.39 bits per heavy atom. The van der Waals surface area contributed by atoms with Gasteiger partial charge in [0.1, 0.15) is 11.2 Å². The number of rotatable bonds is 3. The molecule has 1 aromatic rings. The summed E-state index contributed by atoms with van der Waals surface area (Å²) in [6.45, 7) is 0. The molecular weight excluding hydrogens is 392 g/mol. The highest BCUT2D eigenvalue weighted by Crippen LogP contribution is 2.76. The molecule has 31 heavy (non-hydrogen) atoms. The van der Waals surface area contributed by atoms with Crippen molar-refractivity contribution in [3.8, 4) is 5.75 Å². The van der Waals surface area contributed by atoms with Gasteiger partial charge in [0.25, 0.3) is 0 Å². The summed E-state index contributed by atoms with van der Waals surface area (Å²) in [5.74, 6) is 1.35. The molecule has 8 rings (SSSR count). The Labute approximate surface area is 181 Å². The molecule has 0 spiro atoms. The van der Waals surface area contributed by atoms with Crippen LogP contribution in [0.2, 0.25) is 0 Å². The number of carbonyl (C=O) groups is 2. The van der Waals surface area contributed by atoms with Crippen molar-refractivity contribution in [2.75, 3.05) is 14.2 Å². The molecular formula is C26H26O5. The van der Waals surface area contributed by atoms with Crippen molar-refractivity contribution < 1.29 is 23.8 Å². The van der Waals surface area contributed by atoms with Crippen LogP contribution in [0, 0.1) is 47.3 Å². The van der Waals surface area contributed by atoms with E-state index in [1.54, 1.807) is 7.11 Å². The molecule has 2 heterocycles. The molecule has 1 aromatic carbocycles. The quantitative estimate of drug-likeness (QED) is 0.557. The van der Waals surface area contributed by atoms with E-state index in [4.69, 9.17) is 14.2 Å². The lowest BCUT2D eigenvalue weighted by Crippen LogP contribution is -2.78. The lowest BCUT2D eigenvalue weighted by molar-refractivity contribution is -0.263. The first-order chi connectivity index (χ1) is 15.1. The number of esters is 2.